The van der Waals surface area contributed by atoms with Crippen LogP contribution in [0.5, 0.6) is 5.88 Å². The molecule has 8 heteroatoms. The molecule has 0 saturated carbocycles. The van der Waals surface area contributed by atoms with E-state index in [1.54, 1.807) is 34.0 Å². The fourth-order valence-electron chi connectivity index (χ4n) is 1.92. The Balaban J connectivity index is 2.09. The van der Waals surface area contributed by atoms with E-state index in [0.717, 1.165) is 5.69 Å². The normalized spacial score (nSPS) is 11.5. The molecule has 2 rings (SSSR count). The summed E-state index contributed by atoms with van der Waals surface area (Å²) >= 11 is 1.38. The summed E-state index contributed by atoms with van der Waals surface area (Å²) in [7, 11) is 4.93. The smallest absolute Gasteiger partial charge is 0.274 e. The molecule has 0 aliphatic carbocycles. The van der Waals surface area contributed by atoms with Crippen LogP contribution < -0.4 is 4.74 Å². The second kappa shape index (κ2) is 6.05. The summed E-state index contributed by atoms with van der Waals surface area (Å²) < 4.78 is 6.62. The molecular weight excluding hydrogens is 304 g/mol. The van der Waals surface area contributed by atoms with Crippen molar-refractivity contribution in [1.82, 2.24) is 19.7 Å². The number of nitrogens with zero attached hydrogens (tertiary/aromatic N) is 4. The minimum absolute atomic E-state index is 0.211. The first-order valence-electron chi connectivity index (χ1n) is 6.73. The highest BCUT2D eigenvalue weighted by atomic mass is 32.1. The highest BCUT2D eigenvalue weighted by Crippen LogP contribution is 2.24. The highest BCUT2D eigenvalue weighted by Gasteiger charge is 2.22. The molecule has 1 N–H and O–H groups in total. The zero-order chi connectivity index (χ0) is 16.5. The summed E-state index contributed by atoms with van der Waals surface area (Å²) in [6.07, 6.45) is 0. The molecule has 0 spiro atoms. The lowest BCUT2D eigenvalue weighted by atomic mass is 10.1. The average molecular weight is 324 g/mol. The van der Waals surface area contributed by atoms with Crippen LogP contribution in [0.1, 0.15) is 35.0 Å². The molecule has 120 valence electrons. The quantitative estimate of drug-likeness (QED) is 0.899. The Labute approximate surface area is 133 Å². The summed E-state index contributed by atoms with van der Waals surface area (Å²) in [4.78, 5) is 18.2. The predicted molar refractivity (Wildman–Crippen MR) is 82.9 cm³/mol. The van der Waals surface area contributed by atoms with Crippen LogP contribution in [-0.4, -0.2) is 44.8 Å². The van der Waals surface area contributed by atoms with Gasteiger partial charge in [-0.1, -0.05) is 0 Å². The third-order valence-corrected chi connectivity index (χ3v) is 4.29. The third-order valence-electron chi connectivity index (χ3n) is 3.09. The predicted octanol–water partition coefficient (Wildman–Crippen LogP) is 1.38. The van der Waals surface area contributed by atoms with Gasteiger partial charge in [0.1, 0.15) is 10.6 Å². The molecule has 0 fully saturated rings. The largest absolute Gasteiger partial charge is 0.481 e. The first kappa shape index (κ1) is 16.4. The number of hydrogen-bond acceptors (Lipinski definition) is 6. The van der Waals surface area contributed by atoms with Crippen LogP contribution in [0.3, 0.4) is 0 Å². The second-order valence-corrected chi connectivity index (χ2v) is 6.42. The number of hydrogen-bond donors (Lipinski definition) is 1. The van der Waals surface area contributed by atoms with Crippen LogP contribution in [0.25, 0.3) is 0 Å². The monoisotopic (exact) mass is 324 g/mol. The molecule has 0 aliphatic heterocycles. The lowest BCUT2D eigenvalue weighted by Gasteiger charge is -2.15. The molecule has 7 nitrogen and oxygen atoms in total. The molecule has 22 heavy (non-hydrogen) atoms. The fraction of sp³-hybridized carbons (Fsp3) is 0.500. The van der Waals surface area contributed by atoms with Gasteiger partial charge in [0.05, 0.1) is 19.3 Å². The Hall–Kier alpha value is -1.93. The number of thiazole rings is 1. The van der Waals surface area contributed by atoms with Gasteiger partial charge in [-0.3, -0.25) is 4.79 Å². The molecule has 2 heterocycles. The van der Waals surface area contributed by atoms with Crippen molar-refractivity contribution in [2.24, 2.45) is 7.05 Å². The van der Waals surface area contributed by atoms with Crippen molar-refractivity contribution in [3.8, 4) is 5.88 Å². The van der Waals surface area contributed by atoms with Crippen molar-refractivity contribution in [1.29, 1.82) is 0 Å². The van der Waals surface area contributed by atoms with Crippen molar-refractivity contribution in [3.05, 3.63) is 27.8 Å². The van der Waals surface area contributed by atoms with E-state index in [1.807, 2.05) is 5.38 Å². The zero-order valence-corrected chi connectivity index (χ0v) is 14.1. The molecule has 2 aromatic rings. The minimum atomic E-state index is -0.972. The molecule has 1 amide bonds. The molecule has 0 aliphatic rings. The van der Waals surface area contributed by atoms with Gasteiger partial charge in [-0.2, -0.15) is 5.10 Å². The van der Waals surface area contributed by atoms with E-state index in [4.69, 9.17) is 4.74 Å². The van der Waals surface area contributed by atoms with Gasteiger partial charge < -0.3 is 14.7 Å². The highest BCUT2D eigenvalue weighted by molar-refractivity contribution is 7.09. The van der Waals surface area contributed by atoms with Crippen molar-refractivity contribution >= 4 is 17.2 Å². The van der Waals surface area contributed by atoms with Gasteiger partial charge in [-0.05, 0) is 13.8 Å². The van der Waals surface area contributed by atoms with Crippen molar-refractivity contribution in [2.75, 3.05) is 14.2 Å². The Kier molecular flexibility index (Phi) is 4.52. The molecule has 2 aromatic heterocycles. The van der Waals surface area contributed by atoms with Crippen LogP contribution in [0.2, 0.25) is 0 Å². The Morgan fingerprint density at radius 2 is 2.23 bits per heavy atom. The summed E-state index contributed by atoms with van der Waals surface area (Å²) in [5, 5.41) is 16.5. The van der Waals surface area contributed by atoms with Crippen LogP contribution in [0, 0.1) is 0 Å². The molecule has 0 unspecified atom stereocenters. The van der Waals surface area contributed by atoms with E-state index in [9.17, 15) is 9.90 Å². The van der Waals surface area contributed by atoms with Gasteiger partial charge in [-0.25, -0.2) is 9.67 Å². The van der Waals surface area contributed by atoms with Gasteiger partial charge in [0.2, 0.25) is 5.88 Å². The summed E-state index contributed by atoms with van der Waals surface area (Å²) in [5.41, 5.74) is 0.0838. The molecule has 0 radical (unpaired) electrons. The van der Waals surface area contributed by atoms with E-state index in [0.29, 0.717) is 23.1 Å². The van der Waals surface area contributed by atoms with E-state index in [-0.39, 0.29) is 5.91 Å². The van der Waals surface area contributed by atoms with Gasteiger partial charge in [0, 0.05) is 25.5 Å². The van der Waals surface area contributed by atoms with Crippen molar-refractivity contribution < 1.29 is 14.6 Å². The van der Waals surface area contributed by atoms with Crippen molar-refractivity contribution in [2.45, 2.75) is 26.0 Å². The number of methoxy groups -OCH3 is 1. The molecule has 0 aromatic carbocycles. The first-order valence-corrected chi connectivity index (χ1v) is 7.61. The summed E-state index contributed by atoms with van der Waals surface area (Å²) in [5.74, 6) is 0.312. The number of amides is 1. The van der Waals surface area contributed by atoms with E-state index >= 15 is 0 Å². The molecular formula is C14H20N4O3S. The lowest BCUT2D eigenvalue weighted by molar-refractivity contribution is 0.0766. The van der Waals surface area contributed by atoms with Crippen LogP contribution in [-0.2, 0) is 19.2 Å². The van der Waals surface area contributed by atoms with Gasteiger partial charge >= 0.3 is 0 Å². The van der Waals surface area contributed by atoms with Crippen molar-refractivity contribution in [3.63, 3.8) is 0 Å². The van der Waals surface area contributed by atoms with Crippen LogP contribution >= 0.6 is 11.3 Å². The number of aromatic nitrogens is 3. The van der Waals surface area contributed by atoms with E-state index < -0.39 is 5.60 Å². The SMILES string of the molecule is COc1cc(C(=O)N(C)Cc2csc(C(C)(C)O)n2)nn1C. The summed E-state index contributed by atoms with van der Waals surface area (Å²) in [6.45, 7) is 3.72. The maximum Gasteiger partial charge on any atom is 0.274 e. The number of carbonyl (C=O) groups is 1. The molecule has 0 bridgehead atoms. The fourth-order valence-corrected chi connectivity index (χ4v) is 2.75. The Bertz CT molecular complexity index is 672. The Morgan fingerprint density at radius 1 is 1.55 bits per heavy atom. The zero-order valence-electron chi connectivity index (χ0n) is 13.3. The number of ether oxygens (including phenoxy) is 1. The standard InChI is InChI=1S/C14H20N4O3S/c1-14(2,20)13-15-9(8-22-13)7-17(3)12(19)10-6-11(21-5)18(4)16-10/h6,8,20H,7H2,1-5H3. The van der Waals surface area contributed by atoms with E-state index in [1.165, 1.54) is 28.0 Å². The average Bonchev–Trinajstić information content (AvgIpc) is 3.03. The molecule has 0 atom stereocenters. The van der Waals surface area contributed by atoms with Gasteiger partial charge in [0.25, 0.3) is 5.91 Å². The molecule has 0 saturated heterocycles. The number of aliphatic hydroxyl groups is 1. The second-order valence-electron chi connectivity index (χ2n) is 5.56. The maximum absolute atomic E-state index is 12.4. The number of aryl methyl sites for hydroxylation is 1. The maximum atomic E-state index is 12.4. The Morgan fingerprint density at radius 3 is 2.73 bits per heavy atom. The van der Waals surface area contributed by atoms with E-state index in [2.05, 4.69) is 10.1 Å². The lowest BCUT2D eigenvalue weighted by Crippen LogP contribution is -2.27. The van der Waals surface area contributed by atoms with Crippen LogP contribution in [0.4, 0.5) is 0 Å². The summed E-state index contributed by atoms with van der Waals surface area (Å²) in [6, 6.07) is 1.60. The topological polar surface area (TPSA) is 80.5 Å². The van der Waals surface area contributed by atoms with Gasteiger partial charge in [0.15, 0.2) is 5.69 Å². The number of rotatable bonds is 5. The first-order chi connectivity index (χ1) is 10.2. The van der Waals surface area contributed by atoms with Crippen LogP contribution in [0.15, 0.2) is 11.4 Å². The minimum Gasteiger partial charge on any atom is -0.481 e. The third kappa shape index (κ3) is 3.45. The van der Waals surface area contributed by atoms with Gasteiger partial charge in [-0.15, -0.1) is 11.3 Å². The number of carbonyl (C=O) groups excluding carboxylic acids is 1.